The maximum atomic E-state index is 12.9. The molecule has 2 rings (SSSR count). The van der Waals surface area contributed by atoms with Gasteiger partial charge in [-0.25, -0.2) is 4.39 Å². The van der Waals surface area contributed by atoms with Crippen molar-refractivity contribution >= 4 is 16.9 Å². The van der Waals surface area contributed by atoms with E-state index >= 15 is 0 Å². The third kappa shape index (κ3) is 1.98. The minimum Gasteiger partial charge on any atom is -0.481 e. The van der Waals surface area contributed by atoms with E-state index in [0.717, 1.165) is 5.56 Å². The zero-order valence-corrected chi connectivity index (χ0v) is 7.87. The minimum absolute atomic E-state index is 0.0190. The van der Waals surface area contributed by atoms with E-state index in [1.54, 1.807) is 0 Å². The highest BCUT2D eigenvalue weighted by atomic mass is 19.1. The fourth-order valence-corrected chi connectivity index (χ4v) is 1.49. The topological polar surface area (TPSA) is 50.4 Å². The maximum absolute atomic E-state index is 12.9. The van der Waals surface area contributed by atoms with Crippen molar-refractivity contribution < 1.29 is 18.7 Å². The monoisotopic (exact) mass is 208 g/mol. The lowest BCUT2D eigenvalue weighted by Gasteiger charge is -1.94. The molecule has 0 amide bonds. The molecule has 78 valence electrons. The van der Waals surface area contributed by atoms with Gasteiger partial charge < -0.3 is 9.52 Å². The SMILES string of the molecule is O=C(O)CCc1coc2ccc(F)cc12. The number of carboxylic acids is 1. The van der Waals surface area contributed by atoms with E-state index < -0.39 is 5.97 Å². The molecule has 0 spiro atoms. The second kappa shape index (κ2) is 3.73. The molecule has 0 unspecified atom stereocenters. The van der Waals surface area contributed by atoms with Crippen molar-refractivity contribution in [2.24, 2.45) is 0 Å². The first-order valence-corrected chi connectivity index (χ1v) is 4.54. The highest BCUT2D eigenvalue weighted by Gasteiger charge is 2.08. The maximum Gasteiger partial charge on any atom is 0.303 e. The molecule has 1 N–H and O–H groups in total. The first kappa shape index (κ1) is 9.71. The third-order valence-corrected chi connectivity index (χ3v) is 2.22. The van der Waals surface area contributed by atoms with Crippen LogP contribution in [0.4, 0.5) is 4.39 Å². The van der Waals surface area contributed by atoms with Crippen LogP contribution in [-0.2, 0) is 11.2 Å². The molecule has 0 fully saturated rings. The van der Waals surface area contributed by atoms with Crippen molar-refractivity contribution in [1.29, 1.82) is 0 Å². The highest BCUT2D eigenvalue weighted by molar-refractivity contribution is 5.81. The van der Waals surface area contributed by atoms with Crippen LogP contribution in [-0.4, -0.2) is 11.1 Å². The molecule has 15 heavy (non-hydrogen) atoms. The van der Waals surface area contributed by atoms with Crippen LogP contribution in [0.25, 0.3) is 11.0 Å². The standard InChI is InChI=1S/C11H9FO3/c12-8-2-3-10-9(5-8)7(6-15-10)1-4-11(13)14/h2-3,5-6H,1,4H2,(H,13,14). The van der Waals surface area contributed by atoms with Crippen molar-refractivity contribution in [3.05, 3.63) is 35.8 Å². The molecule has 0 aliphatic carbocycles. The molecule has 0 saturated heterocycles. The lowest BCUT2D eigenvalue weighted by Crippen LogP contribution is -1.96. The number of aryl methyl sites for hydroxylation is 1. The Hall–Kier alpha value is -1.84. The Balaban J connectivity index is 2.35. The number of rotatable bonds is 3. The van der Waals surface area contributed by atoms with Crippen LogP contribution in [0.5, 0.6) is 0 Å². The third-order valence-electron chi connectivity index (χ3n) is 2.22. The molecule has 0 aliphatic rings. The van der Waals surface area contributed by atoms with Gasteiger partial charge in [0.2, 0.25) is 0 Å². The Morgan fingerprint density at radius 2 is 2.27 bits per heavy atom. The van der Waals surface area contributed by atoms with Crippen molar-refractivity contribution in [3.63, 3.8) is 0 Å². The number of hydrogen-bond acceptors (Lipinski definition) is 2. The van der Waals surface area contributed by atoms with Gasteiger partial charge in [-0.15, -0.1) is 0 Å². The lowest BCUT2D eigenvalue weighted by atomic mass is 10.1. The molecule has 0 radical (unpaired) electrons. The number of benzene rings is 1. The second-order valence-corrected chi connectivity index (χ2v) is 3.30. The van der Waals surface area contributed by atoms with Gasteiger partial charge in [0, 0.05) is 11.8 Å². The molecule has 4 heteroatoms. The molecule has 0 aliphatic heterocycles. The Bertz CT molecular complexity index is 502. The summed E-state index contributed by atoms with van der Waals surface area (Å²) in [6.45, 7) is 0. The lowest BCUT2D eigenvalue weighted by molar-refractivity contribution is -0.136. The largest absolute Gasteiger partial charge is 0.481 e. The second-order valence-electron chi connectivity index (χ2n) is 3.30. The van der Waals surface area contributed by atoms with Crippen molar-refractivity contribution in [3.8, 4) is 0 Å². The fourth-order valence-electron chi connectivity index (χ4n) is 1.49. The summed E-state index contributed by atoms with van der Waals surface area (Å²) in [6.07, 6.45) is 1.85. The van der Waals surface area contributed by atoms with Crippen LogP contribution in [0.1, 0.15) is 12.0 Å². The number of fused-ring (bicyclic) bond motifs is 1. The predicted molar refractivity (Wildman–Crippen MR) is 52.1 cm³/mol. The summed E-state index contributed by atoms with van der Waals surface area (Å²) in [5, 5.41) is 9.18. The van der Waals surface area contributed by atoms with Crippen LogP contribution < -0.4 is 0 Å². The molecule has 1 heterocycles. The zero-order chi connectivity index (χ0) is 10.8. The quantitative estimate of drug-likeness (QED) is 0.843. The Morgan fingerprint density at radius 1 is 1.47 bits per heavy atom. The van der Waals surface area contributed by atoms with E-state index in [0.29, 0.717) is 17.4 Å². The van der Waals surface area contributed by atoms with E-state index in [2.05, 4.69) is 0 Å². The molecule has 1 aromatic heterocycles. The molecule has 2 aromatic rings. The van der Waals surface area contributed by atoms with E-state index in [9.17, 15) is 9.18 Å². The number of carboxylic acid groups (broad SMARTS) is 1. The summed E-state index contributed by atoms with van der Waals surface area (Å²) < 4.78 is 18.1. The highest BCUT2D eigenvalue weighted by Crippen LogP contribution is 2.23. The molecule has 0 atom stereocenters. The van der Waals surface area contributed by atoms with Gasteiger partial charge in [-0.1, -0.05) is 0 Å². The van der Waals surface area contributed by atoms with Gasteiger partial charge in [-0.3, -0.25) is 4.79 Å². The van der Waals surface area contributed by atoms with Crippen LogP contribution in [0.2, 0.25) is 0 Å². The number of furan rings is 1. The average Bonchev–Trinajstić information content (AvgIpc) is 2.57. The molecular weight excluding hydrogens is 199 g/mol. The number of hydrogen-bond donors (Lipinski definition) is 1. The Kier molecular flexibility index (Phi) is 2.41. The van der Waals surface area contributed by atoms with E-state index in [1.807, 2.05) is 0 Å². The normalized spacial score (nSPS) is 10.7. The average molecular weight is 208 g/mol. The van der Waals surface area contributed by atoms with E-state index in [-0.39, 0.29) is 12.2 Å². The molecule has 3 nitrogen and oxygen atoms in total. The summed E-state index contributed by atoms with van der Waals surface area (Å²) in [5.74, 6) is -1.22. The van der Waals surface area contributed by atoms with Gasteiger partial charge >= 0.3 is 5.97 Å². The number of halogens is 1. The number of carbonyl (C=O) groups is 1. The predicted octanol–water partition coefficient (Wildman–Crippen LogP) is 2.59. The first-order chi connectivity index (χ1) is 7.16. The smallest absolute Gasteiger partial charge is 0.303 e. The van der Waals surface area contributed by atoms with Crippen LogP contribution >= 0.6 is 0 Å². The molecular formula is C11H9FO3. The Morgan fingerprint density at radius 3 is 3.00 bits per heavy atom. The first-order valence-electron chi connectivity index (χ1n) is 4.54. The van der Waals surface area contributed by atoms with Gasteiger partial charge in [0.1, 0.15) is 11.4 Å². The summed E-state index contributed by atoms with van der Waals surface area (Å²) in [5.41, 5.74) is 1.31. The molecule has 0 bridgehead atoms. The number of aliphatic carboxylic acids is 1. The van der Waals surface area contributed by atoms with Crippen LogP contribution in [0, 0.1) is 5.82 Å². The zero-order valence-electron chi connectivity index (χ0n) is 7.87. The van der Waals surface area contributed by atoms with Crippen molar-refractivity contribution in [1.82, 2.24) is 0 Å². The summed E-state index contributed by atoms with van der Waals surface area (Å²) in [7, 11) is 0. The van der Waals surface area contributed by atoms with Crippen LogP contribution in [0.15, 0.2) is 28.9 Å². The van der Waals surface area contributed by atoms with Crippen molar-refractivity contribution in [2.75, 3.05) is 0 Å². The summed E-state index contributed by atoms with van der Waals surface area (Å²) >= 11 is 0. The summed E-state index contributed by atoms with van der Waals surface area (Å²) in [6, 6.07) is 4.21. The van der Waals surface area contributed by atoms with Gasteiger partial charge in [0.05, 0.1) is 6.26 Å². The van der Waals surface area contributed by atoms with E-state index in [1.165, 1.54) is 24.5 Å². The van der Waals surface area contributed by atoms with Gasteiger partial charge in [-0.2, -0.15) is 0 Å². The van der Waals surface area contributed by atoms with Gasteiger partial charge in [0.15, 0.2) is 0 Å². The van der Waals surface area contributed by atoms with Crippen molar-refractivity contribution in [2.45, 2.75) is 12.8 Å². The van der Waals surface area contributed by atoms with E-state index in [4.69, 9.17) is 9.52 Å². The summed E-state index contributed by atoms with van der Waals surface area (Å²) in [4.78, 5) is 10.4. The van der Waals surface area contributed by atoms with Crippen LogP contribution in [0.3, 0.4) is 0 Å². The van der Waals surface area contributed by atoms with Gasteiger partial charge in [0.25, 0.3) is 0 Å². The minimum atomic E-state index is -0.874. The molecule has 1 aromatic carbocycles. The Labute approximate surface area is 85.1 Å². The van der Waals surface area contributed by atoms with Gasteiger partial charge in [-0.05, 0) is 30.2 Å². The fraction of sp³-hybridized carbons (Fsp3) is 0.182. The molecule has 0 saturated carbocycles.